The predicted molar refractivity (Wildman–Crippen MR) is 83.0 cm³/mol. The third kappa shape index (κ3) is 4.26. The zero-order valence-corrected chi connectivity index (χ0v) is 13.2. The summed E-state index contributed by atoms with van der Waals surface area (Å²) >= 11 is 0. The van der Waals surface area contributed by atoms with Crippen LogP contribution < -0.4 is 4.74 Å². The van der Waals surface area contributed by atoms with Crippen LogP contribution in [-0.4, -0.2) is 40.0 Å². The van der Waals surface area contributed by atoms with Gasteiger partial charge in [0.2, 0.25) is 5.88 Å². The second-order valence-corrected chi connectivity index (χ2v) is 5.73. The third-order valence-corrected chi connectivity index (χ3v) is 4.03. The minimum Gasteiger partial charge on any atom is -0.474 e. The molecule has 1 aliphatic rings. The van der Waals surface area contributed by atoms with Gasteiger partial charge in [-0.1, -0.05) is 0 Å². The zero-order chi connectivity index (χ0) is 17.9. The number of carbonyl (C=O) groups is 1. The number of nitrogens with zero attached hydrogens (tertiary/aromatic N) is 3. The minimum atomic E-state index is -4.40. The van der Waals surface area contributed by atoms with Crippen LogP contribution in [0.5, 0.6) is 5.88 Å². The van der Waals surface area contributed by atoms with Gasteiger partial charge in [0.05, 0.1) is 5.56 Å². The van der Waals surface area contributed by atoms with Gasteiger partial charge in [-0.2, -0.15) is 13.2 Å². The molecule has 132 valence electrons. The molecule has 2 aromatic rings. The third-order valence-electron chi connectivity index (χ3n) is 4.03. The lowest BCUT2D eigenvalue weighted by atomic mass is 10.1. The van der Waals surface area contributed by atoms with Gasteiger partial charge >= 0.3 is 6.18 Å². The van der Waals surface area contributed by atoms with E-state index in [4.69, 9.17) is 4.74 Å². The maximum absolute atomic E-state index is 12.6. The van der Waals surface area contributed by atoms with Crippen molar-refractivity contribution in [2.45, 2.75) is 25.1 Å². The minimum absolute atomic E-state index is 0.0495. The molecule has 1 fully saturated rings. The van der Waals surface area contributed by atoms with E-state index in [1.165, 1.54) is 18.5 Å². The Labute approximate surface area is 142 Å². The number of likely N-dealkylation sites (tertiary alicyclic amines) is 1. The van der Waals surface area contributed by atoms with Crippen molar-refractivity contribution in [1.82, 2.24) is 14.9 Å². The normalized spacial score (nSPS) is 15.9. The van der Waals surface area contributed by atoms with Crippen LogP contribution in [0.1, 0.15) is 28.8 Å². The van der Waals surface area contributed by atoms with Crippen molar-refractivity contribution < 1.29 is 22.7 Å². The van der Waals surface area contributed by atoms with Gasteiger partial charge in [-0.25, -0.2) is 9.97 Å². The molecule has 0 bridgehead atoms. The quantitative estimate of drug-likeness (QED) is 0.852. The average molecular weight is 351 g/mol. The Bertz CT molecular complexity index is 712. The number of rotatable bonds is 3. The van der Waals surface area contributed by atoms with Gasteiger partial charge in [0.25, 0.3) is 5.91 Å². The van der Waals surface area contributed by atoms with E-state index in [1.807, 2.05) is 0 Å². The van der Waals surface area contributed by atoms with Crippen molar-refractivity contribution in [3.05, 3.63) is 54.0 Å². The van der Waals surface area contributed by atoms with Crippen LogP contribution in [0.3, 0.4) is 0 Å². The van der Waals surface area contributed by atoms with E-state index >= 15 is 0 Å². The largest absolute Gasteiger partial charge is 0.474 e. The van der Waals surface area contributed by atoms with Crippen LogP contribution in [0, 0.1) is 0 Å². The monoisotopic (exact) mass is 351 g/mol. The van der Waals surface area contributed by atoms with Gasteiger partial charge in [0.1, 0.15) is 12.4 Å². The molecule has 3 rings (SSSR count). The summed E-state index contributed by atoms with van der Waals surface area (Å²) in [6, 6.07) is 5.96. The molecule has 1 aromatic carbocycles. The number of alkyl halides is 3. The summed E-state index contributed by atoms with van der Waals surface area (Å²) in [4.78, 5) is 21.8. The Morgan fingerprint density at radius 1 is 1.12 bits per heavy atom. The number of hydrogen-bond acceptors (Lipinski definition) is 4. The summed E-state index contributed by atoms with van der Waals surface area (Å²) in [5.41, 5.74) is -0.510. The summed E-state index contributed by atoms with van der Waals surface area (Å²) in [6.45, 7) is 0.964. The molecule has 0 radical (unpaired) electrons. The van der Waals surface area contributed by atoms with Crippen molar-refractivity contribution >= 4 is 5.91 Å². The number of amides is 1. The molecule has 0 aliphatic carbocycles. The van der Waals surface area contributed by atoms with Gasteiger partial charge < -0.3 is 9.64 Å². The van der Waals surface area contributed by atoms with Gasteiger partial charge in [-0.05, 0) is 24.3 Å². The van der Waals surface area contributed by atoms with Crippen LogP contribution in [-0.2, 0) is 6.18 Å². The van der Waals surface area contributed by atoms with E-state index in [-0.39, 0.29) is 17.6 Å². The van der Waals surface area contributed by atoms with Crippen LogP contribution in [0.25, 0.3) is 0 Å². The standard InChI is InChI=1S/C17H16F3N3O2/c18-17(19,20)13-3-1-12(2-4-13)16(24)23-9-6-14(7-10-23)25-15-5-8-21-11-22-15/h1-5,8,11,14H,6-7,9-10H2. The predicted octanol–water partition coefficient (Wildman–Crippen LogP) is 3.18. The molecule has 0 unspecified atom stereocenters. The molecule has 1 amide bonds. The lowest BCUT2D eigenvalue weighted by molar-refractivity contribution is -0.137. The Balaban J connectivity index is 1.56. The number of piperidine rings is 1. The highest BCUT2D eigenvalue weighted by molar-refractivity contribution is 5.94. The van der Waals surface area contributed by atoms with Crippen molar-refractivity contribution in [3.8, 4) is 5.88 Å². The average Bonchev–Trinajstić information content (AvgIpc) is 2.62. The lowest BCUT2D eigenvalue weighted by Gasteiger charge is -2.32. The molecular formula is C17H16F3N3O2. The first-order chi connectivity index (χ1) is 11.9. The fraction of sp³-hybridized carbons (Fsp3) is 0.353. The van der Waals surface area contributed by atoms with Crippen molar-refractivity contribution in [3.63, 3.8) is 0 Å². The van der Waals surface area contributed by atoms with Gasteiger partial charge in [0, 0.05) is 43.8 Å². The summed E-state index contributed by atoms with van der Waals surface area (Å²) < 4.78 is 43.5. The molecule has 0 spiro atoms. The van der Waals surface area contributed by atoms with E-state index in [0.717, 1.165) is 12.1 Å². The molecule has 0 saturated carbocycles. The molecule has 0 N–H and O–H groups in total. The van der Waals surface area contributed by atoms with E-state index in [1.54, 1.807) is 17.2 Å². The van der Waals surface area contributed by atoms with Crippen LogP contribution in [0.15, 0.2) is 42.9 Å². The fourth-order valence-electron chi connectivity index (χ4n) is 2.68. The number of benzene rings is 1. The van der Waals surface area contributed by atoms with Crippen LogP contribution in [0.2, 0.25) is 0 Å². The number of aromatic nitrogens is 2. The van der Waals surface area contributed by atoms with Gasteiger partial charge in [-0.3, -0.25) is 4.79 Å². The Morgan fingerprint density at radius 2 is 1.80 bits per heavy atom. The van der Waals surface area contributed by atoms with Gasteiger partial charge in [0.15, 0.2) is 0 Å². The maximum atomic E-state index is 12.6. The molecule has 1 aromatic heterocycles. The number of hydrogen-bond donors (Lipinski definition) is 0. The zero-order valence-electron chi connectivity index (χ0n) is 13.2. The van der Waals surface area contributed by atoms with E-state index in [2.05, 4.69) is 9.97 Å². The van der Waals surface area contributed by atoms with Crippen LogP contribution in [0.4, 0.5) is 13.2 Å². The number of carbonyl (C=O) groups excluding carboxylic acids is 1. The Hall–Kier alpha value is -2.64. The summed E-state index contributed by atoms with van der Waals surface area (Å²) in [6.07, 6.45) is -0.193. The smallest absolute Gasteiger partial charge is 0.416 e. The van der Waals surface area contributed by atoms with E-state index in [0.29, 0.717) is 31.8 Å². The van der Waals surface area contributed by atoms with Crippen molar-refractivity contribution in [1.29, 1.82) is 0 Å². The summed E-state index contributed by atoms with van der Waals surface area (Å²) in [7, 11) is 0. The Kier molecular flexibility index (Phi) is 4.87. The molecule has 2 heterocycles. The SMILES string of the molecule is O=C(c1ccc(C(F)(F)F)cc1)N1CCC(Oc2ccncn2)CC1. The van der Waals surface area contributed by atoms with E-state index in [9.17, 15) is 18.0 Å². The second-order valence-electron chi connectivity index (χ2n) is 5.73. The molecule has 1 aliphatic heterocycles. The van der Waals surface area contributed by atoms with Crippen molar-refractivity contribution in [2.75, 3.05) is 13.1 Å². The topological polar surface area (TPSA) is 55.3 Å². The second kappa shape index (κ2) is 7.08. The first-order valence-corrected chi connectivity index (χ1v) is 7.83. The number of ether oxygens (including phenoxy) is 1. The summed E-state index contributed by atoms with van der Waals surface area (Å²) in [5, 5.41) is 0. The maximum Gasteiger partial charge on any atom is 0.416 e. The molecule has 1 saturated heterocycles. The first kappa shape index (κ1) is 17.2. The molecule has 5 nitrogen and oxygen atoms in total. The first-order valence-electron chi connectivity index (χ1n) is 7.83. The molecule has 25 heavy (non-hydrogen) atoms. The fourth-order valence-corrected chi connectivity index (χ4v) is 2.68. The highest BCUT2D eigenvalue weighted by atomic mass is 19.4. The van der Waals surface area contributed by atoms with Gasteiger partial charge in [-0.15, -0.1) is 0 Å². The van der Waals surface area contributed by atoms with E-state index < -0.39 is 11.7 Å². The molecule has 8 heteroatoms. The molecule has 0 atom stereocenters. The summed E-state index contributed by atoms with van der Waals surface area (Å²) in [5.74, 6) is 0.219. The highest BCUT2D eigenvalue weighted by Crippen LogP contribution is 2.29. The van der Waals surface area contributed by atoms with Crippen LogP contribution >= 0.6 is 0 Å². The number of halogens is 3. The lowest BCUT2D eigenvalue weighted by Crippen LogP contribution is -2.41. The highest BCUT2D eigenvalue weighted by Gasteiger charge is 2.31. The van der Waals surface area contributed by atoms with Crippen molar-refractivity contribution in [2.24, 2.45) is 0 Å². The molecular weight excluding hydrogens is 335 g/mol. The Morgan fingerprint density at radius 3 is 2.36 bits per heavy atom.